The standard InChI is InChI=1S/C15H20Cl2N4O2/c1-10-13(18-2-7-23-10)15(22)21-5-3-20(4-6-21)14-12(17)8-11(16)9-19-14/h8-10,13,18H,2-7H2,1H3/t10-,13+/m1/s1. The zero-order chi connectivity index (χ0) is 16.4. The Morgan fingerprint density at radius 1 is 1.35 bits per heavy atom. The molecule has 2 fully saturated rings. The van der Waals surface area contributed by atoms with E-state index in [0.29, 0.717) is 49.4 Å². The van der Waals surface area contributed by atoms with Crippen LogP contribution in [-0.4, -0.2) is 67.3 Å². The van der Waals surface area contributed by atoms with Crippen LogP contribution >= 0.6 is 23.2 Å². The summed E-state index contributed by atoms with van der Waals surface area (Å²) >= 11 is 12.1. The fourth-order valence-electron chi connectivity index (χ4n) is 2.98. The maximum absolute atomic E-state index is 12.6. The Balaban J connectivity index is 1.60. The van der Waals surface area contributed by atoms with Crippen molar-refractivity contribution in [2.75, 3.05) is 44.2 Å². The largest absolute Gasteiger partial charge is 0.375 e. The highest BCUT2D eigenvalue weighted by atomic mass is 35.5. The van der Waals surface area contributed by atoms with Crippen LogP contribution < -0.4 is 10.2 Å². The number of aromatic nitrogens is 1. The minimum absolute atomic E-state index is 0.0957. The van der Waals surface area contributed by atoms with E-state index in [-0.39, 0.29) is 18.1 Å². The van der Waals surface area contributed by atoms with E-state index in [2.05, 4.69) is 15.2 Å². The third-order valence-electron chi connectivity index (χ3n) is 4.26. The number of pyridine rings is 1. The van der Waals surface area contributed by atoms with Gasteiger partial charge in [0.2, 0.25) is 5.91 Å². The highest BCUT2D eigenvalue weighted by Gasteiger charge is 2.33. The zero-order valence-electron chi connectivity index (χ0n) is 13.0. The Kier molecular flexibility index (Phi) is 5.26. The van der Waals surface area contributed by atoms with Gasteiger partial charge in [-0.05, 0) is 13.0 Å². The maximum Gasteiger partial charge on any atom is 0.242 e. The SMILES string of the molecule is C[C@H]1OCCN[C@@H]1C(=O)N1CCN(c2ncc(Cl)cc2Cl)CC1. The first-order valence-corrected chi connectivity index (χ1v) is 8.51. The fraction of sp³-hybridized carbons (Fsp3) is 0.600. The molecule has 2 saturated heterocycles. The highest BCUT2D eigenvalue weighted by Crippen LogP contribution is 2.26. The molecular formula is C15H20Cl2N4O2. The number of nitrogens with zero attached hydrogens (tertiary/aromatic N) is 3. The number of morpholine rings is 1. The Bertz CT molecular complexity index is 579. The normalized spacial score (nSPS) is 25.5. The van der Waals surface area contributed by atoms with Gasteiger partial charge in [0.1, 0.15) is 11.9 Å². The summed E-state index contributed by atoms with van der Waals surface area (Å²) in [6, 6.07) is 1.43. The molecule has 2 atom stereocenters. The molecule has 0 saturated carbocycles. The quantitative estimate of drug-likeness (QED) is 0.866. The van der Waals surface area contributed by atoms with Crippen LogP contribution in [0.3, 0.4) is 0 Å². The monoisotopic (exact) mass is 358 g/mol. The lowest BCUT2D eigenvalue weighted by molar-refractivity contribution is -0.139. The Morgan fingerprint density at radius 3 is 2.74 bits per heavy atom. The molecule has 0 aliphatic carbocycles. The Hall–Kier alpha value is -1.08. The van der Waals surface area contributed by atoms with Crippen LogP contribution in [-0.2, 0) is 9.53 Å². The Morgan fingerprint density at radius 2 is 2.09 bits per heavy atom. The van der Waals surface area contributed by atoms with E-state index in [1.165, 1.54) is 0 Å². The molecular weight excluding hydrogens is 339 g/mol. The highest BCUT2D eigenvalue weighted by molar-refractivity contribution is 6.36. The molecule has 0 radical (unpaired) electrons. The van der Waals surface area contributed by atoms with Crippen molar-refractivity contribution in [2.45, 2.75) is 19.1 Å². The van der Waals surface area contributed by atoms with Crippen LogP contribution in [0.5, 0.6) is 0 Å². The molecule has 8 heteroatoms. The number of piperazine rings is 1. The molecule has 1 aromatic heterocycles. The van der Waals surface area contributed by atoms with Crippen LogP contribution in [0.1, 0.15) is 6.92 Å². The van der Waals surface area contributed by atoms with Gasteiger partial charge in [-0.3, -0.25) is 4.79 Å². The van der Waals surface area contributed by atoms with E-state index in [4.69, 9.17) is 27.9 Å². The lowest BCUT2D eigenvalue weighted by Crippen LogP contribution is -2.59. The number of amides is 1. The second-order valence-corrected chi connectivity index (χ2v) is 6.62. The van der Waals surface area contributed by atoms with Crippen molar-refractivity contribution in [3.8, 4) is 0 Å². The molecule has 1 aromatic rings. The van der Waals surface area contributed by atoms with Crippen LogP contribution in [0.2, 0.25) is 10.0 Å². The van der Waals surface area contributed by atoms with Gasteiger partial charge in [0.15, 0.2) is 0 Å². The summed E-state index contributed by atoms with van der Waals surface area (Å²) in [4.78, 5) is 20.9. The summed E-state index contributed by atoms with van der Waals surface area (Å²) in [6.07, 6.45) is 1.49. The summed E-state index contributed by atoms with van der Waals surface area (Å²) in [5.74, 6) is 0.822. The smallest absolute Gasteiger partial charge is 0.242 e. The zero-order valence-corrected chi connectivity index (χ0v) is 14.5. The minimum atomic E-state index is -0.257. The third kappa shape index (κ3) is 3.71. The van der Waals surface area contributed by atoms with Crippen molar-refractivity contribution in [2.24, 2.45) is 0 Å². The van der Waals surface area contributed by atoms with Crippen molar-refractivity contribution in [1.29, 1.82) is 0 Å². The number of halogens is 2. The molecule has 2 aliphatic heterocycles. The summed E-state index contributed by atoms with van der Waals surface area (Å²) in [5, 5.41) is 4.30. The minimum Gasteiger partial charge on any atom is -0.375 e. The van der Waals surface area contributed by atoms with E-state index in [0.717, 1.165) is 5.82 Å². The van der Waals surface area contributed by atoms with Crippen molar-refractivity contribution in [3.63, 3.8) is 0 Å². The number of hydrogen-bond donors (Lipinski definition) is 1. The first-order valence-electron chi connectivity index (χ1n) is 7.76. The number of carbonyl (C=O) groups excluding carboxylic acids is 1. The van der Waals surface area contributed by atoms with E-state index in [1.54, 1.807) is 12.3 Å². The maximum atomic E-state index is 12.6. The second-order valence-electron chi connectivity index (χ2n) is 5.78. The van der Waals surface area contributed by atoms with Gasteiger partial charge >= 0.3 is 0 Å². The average Bonchev–Trinajstić information content (AvgIpc) is 2.55. The molecule has 0 unspecified atom stereocenters. The molecule has 3 heterocycles. The molecule has 3 rings (SSSR count). The van der Waals surface area contributed by atoms with Gasteiger partial charge in [0.25, 0.3) is 0 Å². The summed E-state index contributed by atoms with van der Waals surface area (Å²) < 4.78 is 5.56. The summed E-state index contributed by atoms with van der Waals surface area (Å²) in [5.41, 5.74) is 0. The predicted molar refractivity (Wildman–Crippen MR) is 90.3 cm³/mol. The summed E-state index contributed by atoms with van der Waals surface area (Å²) in [7, 11) is 0. The summed E-state index contributed by atoms with van der Waals surface area (Å²) in [6.45, 7) is 5.98. The number of hydrogen-bond acceptors (Lipinski definition) is 5. The number of rotatable bonds is 2. The topological polar surface area (TPSA) is 57.7 Å². The van der Waals surface area contributed by atoms with E-state index in [9.17, 15) is 4.79 Å². The lowest BCUT2D eigenvalue weighted by atomic mass is 10.1. The fourth-order valence-corrected chi connectivity index (χ4v) is 3.48. The first-order chi connectivity index (χ1) is 11.1. The average molecular weight is 359 g/mol. The van der Waals surface area contributed by atoms with E-state index >= 15 is 0 Å². The van der Waals surface area contributed by atoms with Gasteiger partial charge < -0.3 is 19.9 Å². The van der Waals surface area contributed by atoms with Gasteiger partial charge in [-0.1, -0.05) is 23.2 Å². The van der Waals surface area contributed by atoms with Crippen LogP contribution in [0.15, 0.2) is 12.3 Å². The van der Waals surface area contributed by atoms with Gasteiger partial charge in [0.05, 0.1) is 22.8 Å². The van der Waals surface area contributed by atoms with Gasteiger partial charge in [-0.15, -0.1) is 0 Å². The number of carbonyl (C=O) groups is 1. The molecule has 6 nitrogen and oxygen atoms in total. The van der Waals surface area contributed by atoms with E-state index < -0.39 is 0 Å². The molecule has 2 aliphatic rings. The van der Waals surface area contributed by atoms with Crippen molar-refractivity contribution < 1.29 is 9.53 Å². The Labute approximate surface area is 145 Å². The van der Waals surface area contributed by atoms with Crippen molar-refractivity contribution in [3.05, 3.63) is 22.3 Å². The molecule has 23 heavy (non-hydrogen) atoms. The molecule has 0 bridgehead atoms. The van der Waals surface area contributed by atoms with Crippen molar-refractivity contribution in [1.82, 2.24) is 15.2 Å². The van der Waals surface area contributed by atoms with Gasteiger partial charge in [-0.25, -0.2) is 4.98 Å². The van der Waals surface area contributed by atoms with Gasteiger partial charge in [-0.2, -0.15) is 0 Å². The number of nitrogens with one attached hydrogen (secondary N) is 1. The first kappa shape index (κ1) is 16.8. The van der Waals surface area contributed by atoms with Gasteiger partial charge in [0, 0.05) is 38.9 Å². The number of anilines is 1. The third-order valence-corrected chi connectivity index (χ3v) is 4.75. The molecule has 0 spiro atoms. The molecule has 126 valence electrons. The predicted octanol–water partition coefficient (Wildman–Crippen LogP) is 1.41. The van der Waals surface area contributed by atoms with E-state index in [1.807, 2.05) is 11.8 Å². The second kappa shape index (κ2) is 7.21. The molecule has 1 N–H and O–H groups in total. The molecule has 1 amide bonds. The van der Waals surface area contributed by atoms with Crippen LogP contribution in [0.25, 0.3) is 0 Å². The van der Waals surface area contributed by atoms with Crippen molar-refractivity contribution >= 4 is 34.9 Å². The van der Waals surface area contributed by atoms with Crippen LogP contribution in [0.4, 0.5) is 5.82 Å². The van der Waals surface area contributed by atoms with Crippen LogP contribution in [0, 0.1) is 0 Å². The number of ether oxygens (including phenoxy) is 1. The lowest BCUT2D eigenvalue weighted by Gasteiger charge is -2.39. The molecule has 0 aromatic carbocycles.